The molecule has 3 unspecified atom stereocenters. The maximum Gasteiger partial charge on any atom is 0.149 e. The molecule has 2 saturated carbocycles. The first-order valence-corrected chi connectivity index (χ1v) is 7.84. The Morgan fingerprint density at radius 3 is 2.68 bits per heavy atom. The molecule has 3 atom stereocenters. The summed E-state index contributed by atoms with van der Waals surface area (Å²) in [7, 11) is 0. The zero-order valence-corrected chi connectivity index (χ0v) is 13.3. The lowest BCUT2D eigenvalue weighted by Gasteiger charge is -2.20. The number of nitrogens with zero attached hydrogens (tertiary/aromatic N) is 1. The van der Waals surface area contributed by atoms with Crippen LogP contribution in [0.4, 0.5) is 11.5 Å². The van der Waals surface area contributed by atoms with Crippen molar-refractivity contribution in [3.05, 3.63) is 42.4 Å². The number of ketones is 1. The van der Waals surface area contributed by atoms with E-state index in [1.807, 2.05) is 24.3 Å². The van der Waals surface area contributed by atoms with E-state index in [2.05, 4.69) is 29.1 Å². The Labute approximate surface area is 134 Å². The van der Waals surface area contributed by atoms with Crippen LogP contribution in [-0.4, -0.2) is 20.6 Å². The summed E-state index contributed by atoms with van der Waals surface area (Å²) in [4.78, 5) is 20.7. The lowest BCUT2D eigenvalue weighted by Crippen LogP contribution is -2.22. The number of H-pyrrole nitrogens is 1. The van der Waals surface area contributed by atoms with Crippen LogP contribution >= 0.6 is 12.2 Å². The van der Waals surface area contributed by atoms with Crippen molar-refractivity contribution < 1.29 is 4.79 Å². The summed E-state index contributed by atoms with van der Waals surface area (Å²) in [6.07, 6.45) is 3.33. The molecule has 0 radical (unpaired) electrons. The number of aromatic amines is 1. The molecule has 2 aromatic rings. The normalized spacial score (nSPS) is 28.5. The van der Waals surface area contributed by atoms with Crippen LogP contribution < -0.4 is 5.32 Å². The van der Waals surface area contributed by atoms with E-state index < -0.39 is 0 Å². The van der Waals surface area contributed by atoms with Gasteiger partial charge in [-0.15, -0.1) is 0 Å². The van der Waals surface area contributed by atoms with Crippen molar-refractivity contribution >= 4 is 34.4 Å². The van der Waals surface area contributed by atoms with Gasteiger partial charge >= 0.3 is 0 Å². The Kier molecular flexibility index (Phi) is 2.78. The summed E-state index contributed by atoms with van der Waals surface area (Å²) >= 11 is 5.65. The van der Waals surface area contributed by atoms with Crippen LogP contribution in [0.25, 0.3) is 0 Å². The summed E-state index contributed by atoms with van der Waals surface area (Å²) in [5.74, 6) is 1.18. The van der Waals surface area contributed by atoms with Crippen molar-refractivity contribution in [3.8, 4) is 0 Å². The van der Waals surface area contributed by atoms with Gasteiger partial charge in [-0.2, -0.15) is 0 Å². The fraction of sp³-hybridized carbons (Fsp3) is 0.353. The highest BCUT2D eigenvalue weighted by molar-refractivity contribution is 7.80. The fourth-order valence-electron chi connectivity index (χ4n) is 3.84. The highest BCUT2D eigenvalue weighted by Gasteiger charge is 2.70. The molecule has 1 aromatic carbocycles. The third kappa shape index (κ3) is 1.78. The Morgan fingerprint density at radius 1 is 1.27 bits per heavy atom. The van der Waals surface area contributed by atoms with E-state index in [1.165, 1.54) is 0 Å². The van der Waals surface area contributed by atoms with Crippen molar-refractivity contribution in [2.45, 2.75) is 19.8 Å². The molecule has 4 rings (SSSR count). The van der Waals surface area contributed by atoms with Gasteiger partial charge in [-0.1, -0.05) is 44.3 Å². The number of thiocarbonyl (C=S) groups is 1. The SMILES string of the molecule is CC1(C)C2C(=O)C(c3ccccc3Nc3cnc[nH]3)C(=S)C21. The molecular formula is C17H17N3OS. The summed E-state index contributed by atoms with van der Waals surface area (Å²) in [6, 6.07) is 7.88. The van der Waals surface area contributed by atoms with E-state index in [-0.39, 0.29) is 29.0 Å². The number of para-hydroxylation sites is 1. The Morgan fingerprint density at radius 2 is 2.05 bits per heavy atom. The minimum atomic E-state index is -0.260. The molecule has 5 heteroatoms. The molecule has 112 valence electrons. The number of rotatable bonds is 3. The molecule has 22 heavy (non-hydrogen) atoms. The van der Waals surface area contributed by atoms with Gasteiger partial charge in [0.2, 0.25) is 0 Å². The van der Waals surface area contributed by atoms with Gasteiger partial charge in [0.25, 0.3) is 0 Å². The van der Waals surface area contributed by atoms with Gasteiger partial charge in [-0.3, -0.25) is 4.79 Å². The van der Waals surface area contributed by atoms with Crippen molar-refractivity contribution in [1.82, 2.24) is 9.97 Å². The molecule has 0 saturated heterocycles. The summed E-state index contributed by atoms with van der Waals surface area (Å²) in [5, 5.41) is 3.29. The van der Waals surface area contributed by atoms with Gasteiger partial charge in [0, 0.05) is 22.4 Å². The second-order valence-electron chi connectivity index (χ2n) is 6.69. The predicted molar refractivity (Wildman–Crippen MR) is 89.4 cm³/mol. The minimum Gasteiger partial charge on any atom is -0.340 e. The second kappa shape index (κ2) is 4.49. The van der Waals surface area contributed by atoms with Crippen LogP contribution in [0.15, 0.2) is 36.8 Å². The lowest BCUT2D eigenvalue weighted by atomic mass is 9.86. The molecular weight excluding hydrogens is 294 g/mol. The van der Waals surface area contributed by atoms with Gasteiger partial charge in [0.1, 0.15) is 11.6 Å². The number of Topliss-reactive ketones (excluding diaryl/α,β-unsaturated/α-hetero) is 1. The van der Waals surface area contributed by atoms with Gasteiger partial charge in [-0.25, -0.2) is 4.98 Å². The molecule has 1 aromatic heterocycles. The largest absolute Gasteiger partial charge is 0.340 e. The first kappa shape index (κ1) is 13.6. The smallest absolute Gasteiger partial charge is 0.149 e. The number of anilines is 2. The first-order valence-electron chi connectivity index (χ1n) is 7.43. The number of nitrogens with one attached hydrogen (secondary N) is 2. The van der Waals surface area contributed by atoms with Crippen LogP contribution in [0.2, 0.25) is 0 Å². The zero-order valence-electron chi connectivity index (χ0n) is 12.5. The average molecular weight is 311 g/mol. The van der Waals surface area contributed by atoms with E-state index in [0.717, 1.165) is 21.9 Å². The van der Waals surface area contributed by atoms with E-state index in [4.69, 9.17) is 12.2 Å². The molecule has 2 aliphatic carbocycles. The fourth-order valence-corrected chi connectivity index (χ4v) is 4.52. The number of hydrogen-bond acceptors (Lipinski definition) is 4. The van der Waals surface area contributed by atoms with Crippen molar-refractivity contribution in [3.63, 3.8) is 0 Å². The number of hydrogen-bond donors (Lipinski definition) is 2. The molecule has 2 aliphatic rings. The van der Waals surface area contributed by atoms with Gasteiger partial charge in [0.15, 0.2) is 0 Å². The quantitative estimate of drug-likeness (QED) is 0.852. The molecule has 1 heterocycles. The second-order valence-corrected chi connectivity index (χ2v) is 7.16. The Bertz CT molecular complexity index is 742. The van der Waals surface area contributed by atoms with Gasteiger partial charge < -0.3 is 10.3 Å². The van der Waals surface area contributed by atoms with Gasteiger partial charge in [-0.05, 0) is 17.0 Å². The monoisotopic (exact) mass is 311 g/mol. The first-order chi connectivity index (χ1) is 10.5. The highest BCUT2D eigenvalue weighted by atomic mass is 32.1. The van der Waals surface area contributed by atoms with E-state index in [1.54, 1.807) is 12.5 Å². The van der Waals surface area contributed by atoms with Crippen LogP contribution in [-0.2, 0) is 4.79 Å². The molecule has 0 spiro atoms. The molecule has 4 nitrogen and oxygen atoms in total. The van der Waals surface area contributed by atoms with Crippen molar-refractivity contribution in [2.24, 2.45) is 17.3 Å². The van der Waals surface area contributed by atoms with Crippen LogP contribution in [0.5, 0.6) is 0 Å². The van der Waals surface area contributed by atoms with E-state index >= 15 is 0 Å². The maximum atomic E-state index is 12.8. The van der Waals surface area contributed by atoms with Crippen LogP contribution in [0.1, 0.15) is 25.3 Å². The van der Waals surface area contributed by atoms with E-state index in [9.17, 15) is 4.79 Å². The third-order valence-electron chi connectivity index (χ3n) is 5.05. The molecule has 2 fully saturated rings. The number of benzene rings is 1. The summed E-state index contributed by atoms with van der Waals surface area (Å²) in [6.45, 7) is 4.27. The Balaban J connectivity index is 1.70. The average Bonchev–Trinajstić information content (AvgIpc) is 2.83. The summed E-state index contributed by atoms with van der Waals surface area (Å²) in [5.41, 5.74) is 1.93. The lowest BCUT2D eigenvalue weighted by molar-refractivity contribution is -0.120. The van der Waals surface area contributed by atoms with E-state index in [0.29, 0.717) is 0 Å². The number of aromatic nitrogens is 2. The molecule has 0 aliphatic heterocycles. The number of carbonyl (C=O) groups excluding carboxylic acids is 1. The third-order valence-corrected chi connectivity index (χ3v) is 5.54. The van der Waals surface area contributed by atoms with Crippen molar-refractivity contribution in [1.29, 1.82) is 0 Å². The van der Waals surface area contributed by atoms with Crippen LogP contribution in [0, 0.1) is 17.3 Å². The molecule has 0 bridgehead atoms. The maximum absolute atomic E-state index is 12.8. The minimum absolute atomic E-state index is 0.0520. The summed E-state index contributed by atoms with van der Waals surface area (Å²) < 4.78 is 0. The van der Waals surface area contributed by atoms with Gasteiger partial charge in [0.05, 0.1) is 18.4 Å². The molecule has 0 amide bonds. The van der Waals surface area contributed by atoms with Crippen molar-refractivity contribution in [2.75, 3.05) is 5.32 Å². The molecule has 2 N–H and O–H groups in total. The number of carbonyl (C=O) groups is 1. The number of imidazole rings is 1. The van der Waals surface area contributed by atoms with Crippen LogP contribution in [0.3, 0.4) is 0 Å². The predicted octanol–water partition coefficient (Wildman–Crippen LogP) is 3.46. The highest BCUT2D eigenvalue weighted by Crippen LogP contribution is 2.67. The standard InChI is InChI=1S/C17H17N3OS/c1-17(2)13-14(17)16(22)12(15(13)21)9-5-3-4-6-10(9)20-11-7-18-8-19-11/h3-8,12-14,20H,1-2H3,(H,18,19). The Hall–Kier alpha value is -2.01. The number of fused-ring (bicyclic) bond motifs is 1. The zero-order chi connectivity index (χ0) is 15.5. The topological polar surface area (TPSA) is 57.8 Å².